The summed E-state index contributed by atoms with van der Waals surface area (Å²) in [6, 6.07) is 3.52. The van der Waals surface area contributed by atoms with E-state index in [1.165, 1.54) is 11.3 Å². The first kappa shape index (κ1) is 10.0. The highest BCUT2D eigenvalue weighted by molar-refractivity contribution is 7.08. The number of nitrogens with two attached hydrogens (primary N) is 1. The van der Waals surface area contributed by atoms with Crippen molar-refractivity contribution < 1.29 is 9.59 Å². The highest BCUT2D eigenvalue weighted by Gasteiger charge is 2.30. The minimum absolute atomic E-state index is 0.0664. The Balaban J connectivity index is 2.27. The van der Waals surface area contributed by atoms with Crippen LogP contribution in [0.15, 0.2) is 22.9 Å². The smallest absolute Gasteiger partial charge is 0.211 e. The average molecular weight is 244 g/mol. The zero-order chi connectivity index (χ0) is 12.0. The summed E-state index contributed by atoms with van der Waals surface area (Å²) in [4.78, 5) is 22.6. The van der Waals surface area contributed by atoms with E-state index in [1.807, 2.05) is 16.8 Å². The molecule has 3 rings (SSSR count). The lowest BCUT2D eigenvalue weighted by Gasteiger charge is -2.08. The molecule has 0 atom stereocenters. The number of carbonyl (C=O) groups is 2. The molecule has 0 bridgehead atoms. The molecule has 0 fully saturated rings. The van der Waals surface area contributed by atoms with E-state index in [0.29, 0.717) is 28.9 Å². The van der Waals surface area contributed by atoms with E-state index in [9.17, 15) is 9.59 Å². The lowest BCUT2D eigenvalue weighted by Crippen LogP contribution is -2.05. The Morgan fingerprint density at radius 3 is 2.71 bits per heavy atom. The van der Waals surface area contributed by atoms with Gasteiger partial charge >= 0.3 is 0 Å². The molecule has 5 heteroatoms. The Bertz CT molecular complexity index is 646. The van der Waals surface area contributed by atoms with Gasteiger partial charge in [-0.3, -0.25) is 9.59 Å². The molecule has 1 aliphatic carbocycles. The van der Waals surface area contributed by atoms with Gasteiger partial charge in [0.15, 0.2) is 5.78 Å². The maximum atomic E-state index is 12.1. The van der Waals surface area contributed by atoms with Gasteiger partial charge in [0.05, 0.1) is 16.9 Å². The van der Waals surface area contributed by atoms with Crippen LogP contribution in [-0.4, -0.2) is 12.2 Å². The fourth-order valence-corrected chi connectivity index (χ4v) is 2.92. The van der Waals surface area contributed by atoms with Gasteiger partial charge < -0.3 is 11.1 Å². The lowest BCUT2D eigenvalue weighted by molar-refractivity contribution is -0.105. The first-order valence-electron chi connectivity index (χ1n) is 4.98. The molecule has 1 aromatic heterocycles. The van der Waals surface area contributed by atoms with Gasteiger partial charge in [0, 0.05) is 16.5 Å². The molecule has 3 N–H and O–H groups in total. The fourth-order valence-electron chi connectivity index (χ4n) is 2.09. The molecule has 0 aliphatic heterocycles. The zero-order valence-corrected chi connectivity index (χ0v) is 9.51. The number of fused-ring (bicyclic) bond motifs is 3. The van der Waals surface area contributed by atoms with Gasteiger partial charge in [0.25, 0.3) is 0 Å². The first-order chi connectivity index (χ1) is 8.24. The summed E-state index contributed by atoms with van der Waals surface area (Å²) in [5.74, 6) is -0.0664. The van der Waals surface area contributed by atoms with Crippen LogP contribution >= 0.6 is 11.3 Å². The third-order valence-electron chi connectivity index (χ3n) is 2.88. The average Bonchev–Trinajstić information content (AvgIpc) is 2.87. The third kappa shape index (κ3) is 1.23. The number of amides is 1. The Kier molecular flexibility index (Phi) is 2.02. The SMILES string of the molecule is Nc1c(NC=O)ccc2c1C(=O)c1cscc1-2. The number of nitrogen functional groups attached to an aromatic ring is 1. The second kappa shape index (κ2) is 3.43. The Labute approximate surface area is 101 Å². The molecule has 0 saturated carbocycles. The summed E-state index contributed by atoms with van der Waals surface area (Å²) in [6.07, 6.45) is 0.548. The highest BCUT2D eigenvalue weighted by atomic mass is 32.1. The standard InChI is InChI=1S/C12H8N2O2S/c13-11-9(14-5-15)2-1-6-7-3-17-4-8(7)12(16)10(6)11/h1-5H,13H2,(H,14,15). The van der Waals surface area contributed by atoms with Gasteiger partial charge in [0.1, 0.15) is 0 Å². The first-order valence-corrected chi connectivity index (χ1v) is 5.92. The van der Waals surface area contributed by atoms with E-state index >= 15 is 0 Å². The molecule has 0 radical (unpaired) electrons. The minimum Gasteiger partial charge on any atom is -0.396 e. The molecule has 84 valence electrons. The van der Waals surface area contributed by atoms with Crippen molar-refractivity contribution >= 4 is 34.9 Å². The number of anilines is 2. The van der Waals surface area contributed by atoms with Gasteiger partial charge in [-0.25, -0.2) is 0 Å². The quantitative estimate of drug-likeness (QED) is 0.535. The Morgan fingerprint density at radius 2 is 1.94 bits per heavy atom. The summed E-state index contributed by atoms with van der Waals surface area (Å²) in [7, 11) is 0. The molecular weight excluding hydrogens is 236 g/mol. The number of nitrogens with one attached hydrogen (secondary N) is 1. The van der Waals surface area contributed by atoms with Crippen molar-refractivity contribution in [2.75, 3.05) is 11.1 Å². The van der Waals surface area contributed by atoms with Crippen molar-refractivity contribution in [2.24, 2.45) is 0 Å². The number of carbonyl (C=O) groups excluding carboxylic acids is 2. The van der Waals surface area contributed by atoms with Crippen LogP contribution < -0.4 is 11.1 Å². The number of hydrogen-bond donors (Lipinski definition) is 2. The van der Waals surface area contributed by atoms with Gasteiger partial charge in [-0.2, -0.15) is 11.3 Å². The number of hydrogen-bond acceptors (Lipinski definition) is 4. The summed E-state index contributed by atoms with van der Waals surface area (Å²) in [5.41, 5.74) is 9.68. The van der Waals surface area contributed by atoms with Gasteiger partial charge in [-0.1, -0.05) is 6.07 Å². The van der Waals surface area contributed by atoms with Crippen molar-refractivity contribution in [1.29, 1.82) is 0 Å². The molecular formula is C12H8N2O2S. The second-order valence-corrected chi connectivity index (χ2v) is 4.48. The van der Waals surface area contributed by atoms with Crippen molar-refractivity contribution in [3.8, 4) is 11.1 Å². The lowest BCUT2D eigenvalue weighted by atomic mass is 10.0. The van der Waals surface area contributed by atoms with Crippen LogP contribution in [-0.2, 0) is 4.79 Å². The molecule has 0 unspecified atom stereocenters. The van der Waals surface area contributed by atoms with Crippen LogP contribution in [0.2, 0.25) is 0 Å². The number of ketones is 1. The zero-order valence-electron chi connectivity index (χ0n) is 8.69. The fraction of sp³-hybridized carbons (Fsp3) is 0. The molecule has 1 heterocycles. The van der Waals surface area contributed by atoms with Crippen LogP contribution in [0.3, 0.4) is 0 Å². The van der Waals surface area contributed by atoms with Crippen molar-refractivity contribution in [3.63, 3.8) is 0 Å². The second-order valence-electron chi connectivity index (χ2n) is 3.74. The van der Waals surface area contributed by atoms with Crippen LogP contribution in [0.25, 0.3) is 11.1 Å². The number of thiophene rings is 1. The van der Waals surface area contributed by atoms with Crippen molar-refractivity contribution in [3.05, 3.63) is 34.0 Å². The predicted molar refractivity (Wildman–Crippen MR) is 67.3 cm³/mol. The topological polar surface area (TPSA) is 72.2 Å². The van der Waals surface area contributed by atoms with E-state index in [0.717, 1.165) is 11.1 Å². The van der Waals surface area contributed by atoms with E-state index in [2.05, 4.69) is 5.32 Å². The number of rotatable bonds is 2. The highest BCUT2D eigenvalue weighted by Crippen LogP contribution is 2.43. The molecule has 0 spiro atoms. The van der Waals surface area contributed by atoms with E-state index < -0.39 is 0 Å². The van der Waals surface area contributed by atoms with Gasteiger partial charge in [-0.15, -0.1) is 0 Å². The van der Waals surface area contributed by atoms with Crippen molar-refractivity contribution in [2.45, 2.75) is 0 Å². The Morgan fingerprint density at radius 1 is 1.18 bits per heavy atom. The van der Waals surface area contributed by atoms with E-state index in [-0.39, 0.29) is 5.78 Å². The summed E-state index contributed by atoms with van der Waals surface area (Å²) < 4.78 is 0. The molecule has 1 amide bonds. The normalized spacial score (nSPS) is 12.1. The largest absolute Gasteiger partial charge is 0.396 e. The van der Waals surface area contributed by atoms with Crippen LogP contribution in [0.1, 0.15) is 15.9 Å². The summed E-state index contributed by atoms with van der Waals surface area (Å²) in [6.45, 7) is 0. The molecule has 1 aromatic carbocycles. The molecule has 17 heavy (non-hydrogen) atoms. The van der Waals surface area contributed by atoms with Gasteiger partial charge in [-0.05, 0) is 17.0 Å². The predicted octanol–water partition coefficient (Wildman–Crippen LogP) is 2.11. The number of benzene rings is 1. The monoisotopic (exact) mass is 244 g/mol. The van der Waals surface area contributed by atoms with E-state index in [4.69, 9.17) is 5.73 Å². The van der Waals surface area contributed by atoms with Crippen LogP contribution in [0, 0.1) is 0 Å². The minimum atomic E-state index is -0.0664. The van der Waals surface area contributed by atoms with Crippen molar-refractivity contribution in [1.82, 2.24) is 0 Å². The summed E-state index contributed by atoms with van der Waals surface area (Å²) in [5, 5.41) is 6.25. The van der Waals surface area contributed by atoms with Crippen LogP contribution in [0.5, 0.6) is 0 Å². The maximum Gasteiger partial charge on any atom is 0.211 e. The van der Waals surface area contributed by atoms with Gasteiger partial charge in [0.2, 0.25) is 6.41 Å². The molecule has 4 nitrogen and oxygen atoms in total. The summed E-state index contributed by atoms with van der Waals surface area (Å²) >= 11 is 1.50. The maximum absolute atomic E-state index is 12.1. The Hall–Kier alpha value is -2.14. The van der Waals surface area contributed by atoms with E-state index in [1.54, 1.807) is 6.07 Å². The third-order valence-corrected chi connectivity index (χ3v) is 3.63. The molecule has 0 saturated heterocycles. The van der Waals surface area contributed by atoms with Crippen LogP contribution in [0.4, 0.5) is 11.4 Å². The molecule has 1 aliphatic rings. The molecule has 2 aromatic rings.